The van der Waals surface area contributed by atoms with Crippen LogP contribution in [0.3, 0.4) is 0 Å². The molecule has 4 heteroatoms. The normalized spacial score (nSPS) is 14.0. The van der Waals surface area contributed by atoms with Gasteiger partial charge in [-0.05, 0) is 38.0 Å². The fraction of sp³-hybridized carbons (Fsp3) is 0.412. The third-order valence-corrected chi connectivity index (χ3v) is 3.17. The first-order chi connectivity index (χ1) is 10.3. The van der Waals surface area contributed by atoms with Crippen molar-refractivity contribution in [3.05, 3.63) is 41.9 Å². The minimum Gasteiger partial charge on any atom is -0.504 e. The van der Waals surface area contributed by atoms with E-state index >= 15 is 0 Å². The molecule has 0 radical (unpaired) electrons. The highest BCUT2D eigenvalue weighted by Gasteiger charge is 2.21. The highest BCUT2D eigenvalue weighted by Crippen LogP contribution is 2.34. The van der Waals surface area contributed by atoms with E-state index in [-0.39, 0.29) is 12.4 Å². The molecule has 0 fully saturated rings. The standard InChI is InChI=1S/C17H22O4/c1-3-5-6-7-10-20-16-12-21-15-11-13(19-4-2)8-9-14(15)17(16)18/h7-11,18H,3-6,12H2,1-2H3. The number of aliphatic hydroxyl groups excluding tert-OH is 1. The summed E-state index contributed by atoms with van der Waals surface area (Å²) in [6, 6.07) is 5.36. The molecule has 0 saturated carbocycles. The van der Waals surface area contributed by atoms with E-state index in [9.17, 15) is 5.11 Å². The minimum atomic E-state index is 0.124. The fourth-order valence-electron chi connectivity index (χ4n) is 2.05. The molecule has 114 valence electrons. The number of unbranched alkanes of at least 4 members (excludes halogenated alkanes) is 2. The maximum absolute atomic E-state index is 10.2. The Morgan fingerprint density at radius 3 is 2.95 bits per heavy atom. The van der Waals surface area contributed by atoms with E-state index in [4.69, 9.17) is 14.2 Å². The van der Waals surface area contributed by atoms with Crippen molar-refractivity contribution in [2.75, 3.05) is 13.2 Å². The number of hydrogen-bond acceptors (Lipinski definition) is 4. The Morgan fingerprint density at radius 2 is 2.19 bits per heavy atom. The lowest BCUT2D eigenvalue weighted by Crippen LogP contribution is -2.12. The predicted molar refractivity (Wildman–Crippen MR) is 82.4 cm³/mol. The topological polar surface area (TPSA) is 47.9 Å². The lowest BCUT2D eigenvalue weighted by Gasteiger charge is -2.20. The number of ether oxygens (including phenoxy) is 3. The van der Waals surface area contributed by atoms with E-state index in [1.54, 1.807) is 18.4 Å². The van der Waals surface area contributed by atoms with Gasteiger partial charge in [-0.3, -0.25) is 0 Å². The van der Waals surface area contributed by atoms with Crippen molar-refractivity contribution in [3.63, 3.8) is 0 Å². The van der Waals surface area contributed by atoms with Gasteiger partial charge >= 0.3 is 0 Å². The zero-order chi connectivity index (χ0) is 15.1. The minimum absolute atomic E-state index is 0.124. The molecule has 1 N–H and O–H groups in total. The second-order valence-corrected chi connectivity index (χ2v) is 4.78. The molecule has 1 aliphatic heterocycles. The first-order valence-corrected chi connectivity index (χ1v) is 7.40. The van der Waals surface area contributed by atoms with E-state index in [1.807, 2.05) is 19.1 Å². The fourth-order valence-corrected chi connectivity index (χ4v) is 2.05. The molecule has 0 amide bonds. The van der Waals surface area contributed by atoms with Crippen molar-refractivity contribution in [3.8, 4) is 11.5 Å². The monoisotopic (exact) mass is 290 g/mol. The van der Waals surface area contributed by atoms with Crippen LogP contribution in [0.25, 0.3) is 5.76 Å². The number of hydrogen-bond donors (Lipinski definition) is 1. The van der Waals surface area contributed by atoms with Crippen molar-refractivity contribution in [2.45, 2.75) is 33.1 Å². The Hall–Kier alpha value is -2.10. The highest BCUT2D eigenvalue weighted by atomic mass is 16.5. The second-order valence-electron chi connectivity index (χ2n) is 4.78. The third-order valence-electron chi connectivity index (χ3n) is 3.17. The molecule has 0 spiro atoms. The number of benzene rings is 1. The molecule has 1 aliphatic rings. The van der Waals surface area contributed by atoms with E-state index in [0.717, 1.165) is 25.0 Å². The van der Waals surface area contributed by atoms with Crippen LogP contribution >= 0.6 is 0 Å². The zero-order valence-electron chi connectivity index (χ0n) is 12.6. The average Bonchev–Trinajstić information content (AvgIpc) is 2.49. The van der Waals surface area contributed by atoms with Crippen molar-refractivity contribution < 1.29 is 19.3 Å². The van der Waals surface area contributed by atoms with Gasteiger partial charge < -0.3 is 19.3 Å². The molecule has 0 aromatic heterocycles. The summed E-state index contributed by atoms with van der Waals surface area (Å²) >= 11 is 0. The molecule has 21 heavy (non-hydrogen) atoms. The van der Waals surface area contributed by atoms with Crippen LogP contribution in [0.1, 0.15) is 38.7 Å². The Balaban J connectivity index is 2.07. The second kappa shape index (κ2) is 7.62. The summed E-state index contributed by atoms with van der Waals surface area (Å²) in [5, 5.41) is 10.2. The number of aliphatic hydroxyl groups is 1. The molecule has 0 atom stereocenters. The quantitative estimate of drug-likeness (QED) is 0.596. The number of allylic oxidation sites excluding steroid dienone is 1. The van der Waals surface area contributed by atoms with Crippen molar-refractivity contribution in [1.82, 2.24) is 0 Å². The molecule has 1 aromatic carbocycles. The van der Waals surface area contributed by atoms with Crippen LogP contribution in [-0.2, 0) is 4.74 Å². The Labute approximate surface area is 125 Å². The van der Waals surface area contributed by atoms with Crippen LogP contribution in [0.5, 0.6) is 11.5 Å². The van der Waals surface area contributed by atoms with Gasteiger partial charge in [-0.1, -0.05) is 13.3 Å². The third kappa shape index (κ3) is 3.94. The average molecular weight is 290 g/mol. The van der Waals surface area contributed by atoms with E-state index in [1.165, 1.54) is 0 Å². The summed E-state index contributed by atoms with van der Waals surface area (Å²) in [5.74, 6) is 1.90. The van der Waals surface area contributed by atoms with Crippen LogP contribution in [0, 0.1) is 0 Å². The lowest BCUT2D eigenvalue weighted by molar-refractivity contribution is 0.229. The van der Waals surface area contributed by atoms with E-state index < -0.39 is 0 Å². The molecule has 1 aromatic rings. The molecule has 0 saturated heterocycles. The zero-order valence-corrected chi connectivity index (χ0v) is 12.6. The van der Waals surface area contributed by atoms with Gasteiger partial charge in [0.15, 0.2) is 11.5 Å². The SMILES string of the molecule is CCCCC=COC1=C(O)c2ccc(OCC)cc2OC1. The summed E-state index contributed by atoms with van der Waals surface area (Å²) < 4.78 is 16.5. The van der Waals surface area contributed by atoms with Gasteiger partial charge in [-0.2, -0.15) is 0 Å². The number of rotatable bonds is 7. The van der Waals surface area contributed by atoms with Gasteiger partial charge in [0.2, 0.25) is 0 Å². The predicted octanol–water partition coefficient (Wildman–Crippen LogP) is 4.42. The molecule has 0 aliphatic carbocycles. The largest absolute Gasteiger partial charge is 0.504 e. The van der Waals surface area contributed by atoms with E-state index in [2.05, 4.69) is 6.92 Å². The number of fused-ring (bicyclic) bond motifs is 1. The lowest BCUT2D eigenvalue weighted by atomic mass is 10.1. The molecule has 2 rings (SSSR count). The van der Waals surface area contributed by atoms with Gasteiger partial charge in [0.1, 0.15) is 18.1 Å². The van der Waals surface area contributed by atoms with Gasteiger partial charge in [-0.15, -0.1) is 0 Å². The Morgan fingerprint density at radius 1 is 1.33 bits per heavy atom. The molecule has 4 nitrogen and oxygen atoms in total. The molecular formula is C17H22O4. The van der Waals surface area contributed by atoms with Crippen molar-refractivity contribution in [2.24, 2.45) is 0 Å². The summed E-state index contributed by atoms with van der Waals surface area (Å²) in [6.07, 6.45) is 6.82. The maximum Gasteiger partial charge on any atom is 0.183 e. The molecule has 0 unspecified atom stereocenters. The van der Waals surface area contributed by atoms with Crippen LogP contribution in [0.15, 0.2) is 36.3 Å². The van der Waals surface area contributed by atoms with Crippen LogP contribution in [-0.4, -0.2) is 18.3 Å². The van der Waals surface area contributed by atoms with Crippen LogP contribution in [0.2, 0.25) is 0 Å². The molecule has 1 heterocycles. The van der Waals surface area contributed by atoms with Crippen LogP contribution < -0.4 is 9.47 Å². The Kier molecular flexibility index (Phi) is 5.55. The summed E-state index contributed by atoms with van der Waals surface area (Å²) in [6.45, 7) is 4.88. The summed E-state index contributed by atoms with van der Waals surface area (Å²) in [5.41, 5.74) is 0.627. The molecular weight excluding hydrogens is 268 g/mol. The van der Waals surface area contributed by atoms with Crippen molar-refractivity contribution >= 4 is 5.76 Å². The first-order valence-electron chi connectivity index (χ1n) is 7.40. The smallest absolute Gasteiger partial charge is 0.183 e. The summed E-state index contributed by atoms with van der Waals surface area (Å²) in [7, 11) is 0. The van der Waals surface area contributed by atoms with Gasteiger partial charge in [0, 0.05) is 6.07 Å². The van der Waals surface area contributed by atoms with Gasteiger partial charge in [0.05, 0.1) is 18.4 Å². The first kappa shape index (κ1) is 15.3. The summed E-state index contributed by atoms with van der Waals surface area (Å²) in [4.78, 5) is 0. The highest BCUT2D eigenvalue weighted by molar-refractivity contribution is 5.69. The molecule has 0 bridgehead atoms. The van der Waals surface area contributed by atoms with Gasteiger partial charge in [0.25, 0.3) is 0 Å². The van der Waals surface area contributed by atoms with E-state index in [0.29, 0.717) is 23.7 Å². The van der Waals surface area contributed by atoms with Crippen molar-refractivity contribution in [1.29, 1.82) is 0 Å². The van der Waals surface area contributed by atoms with Gasteiger partial charge in [-0.25, -0.2) is 0 Å². The maximum atomic E-state index is 10.2. The Bertz CT molecular complexity index is 532. The van der Waals surface area contributed by atoms with Crippen LogP contribution in [0.4, 0.5) is 0 Å².